The van der Waals surface area contributed by atoms with Crippen LogP contribution in [-0.4, -0.2) is 28.4 Å². The van der Waals surface area contributed by atoms with Crippen molar-refractivity contribution in [1.82, 2.24) is 9.88 Å². The SMILES string of the molecule is CCCc1[nH]c(=O)c(C(=O)N2CCC[C@@H]2C)cc1CC. The van der Waals surface area contributed by atoms with E-state index in [0.717, 1.165) is 49.9 Å². The van der Waals surface area contributed by atoms with E-state index in [9.17, 15) is 9.59 Å². The van der Waals surface area contributed by atoms with Gasteiger partial charge in [0.2, 0.25) is 0 Å². The minimum atomic E-state index is -0.241. The molecule has 1 fully saturated rings. The van der Waals surface area contributed by atoms with Crippen molar-refractivity contribution in [3.63, 3.8) is 0 Å². The molecule has 20 heavy (non-hydrogen) atoms. The van der Waals surface area contributed by atoms with Crippen LogP contribution >= 0.6 is 0 Å². The van der Waals surface area contributed by atoms with Crippen molar-refractivity contribution < 1.29 is 4.79 Å². The molecule has 1 aromatic heterocycles. The molecule has 110 valence electrons. The van der Waals surface area contributed by atoms with E-state index in [1.54, 1.807) is 6.07 Å². The van der Waals surface area contributed by atoms with Gasteiger partial charge in [0.05, 0.1) is 0 Å². The van der Waals surface area contributed by atoms with Gasteiger partial charge in [0.1, 0.15) is 5.56 Å². The van der Waals surface area contributed by atoms with Gasteiger partial charge >= 0.3 is 0 Å². The van der Waals surface area contributed by atoms with Crippen LogP contribution in [0.25, 0.3) is 0 Å². The molecule has 1 amide bonds. The third-order valence-electron chi connectivity index (χ3n) is 4.14. The largest absolute Gasteiger partial charge is 0.336 e. The van der Waals surface area contributed by atoms with Gasteiger partial charge in [-0.2, -0.15) is 0 Å². The second kappa shape index (κ2) is 6.25. The lowest BCUT2D eigenvalue weighted by atomic mass is 10.0. The van der Waals surface area contributed by atoms with Crippen LogP contribution in [0.2, 0.25) is 0 Å². The van der Waals surface area contributed by atoms with Gasteiger partial charge in [-0.15, -0.1) is 0 Å². The molecule has 1 N–H and O–H groups in total. The number of amides is 1. The van der Waals surface area contributed by atoms with E-state index in [2.05, 4.69) is 18.8 Å². The van der Waals surface area contributed by atoms with E-state index in [1.165, 1.54) is 0 Å². The van der Waals surface area contributed by atoms with E-state index in [0.29, 0.717) is 5.56 Å². The number of carbonyl (C=O) groups excluding carboxylic acids is 1. The Morgan fingerprint density at radius 3 is 2.75 bits per heavy atom. The standard InChI is InChI=1S/C16H24N2O2/c1-4-7-14-12(5-2)10-13(15(19)17-14)16(20)18-9-6-8-11(18)3/h10-11H,4-9H2,1-3H3,(H,17,19)/t11-/m0/s1. The second-order valence-electron chi connectivity index (χ2n) is 5.61. The molecule has 4 nitrogen and oxygen atoms in total. The van der Waals surface area contributed by atoms with Crippen molar-refractivity contribution in [2.45, 2.75) is 58.9 Å². The lowest BCUT2D eigenvalue weighted by Crippen LogP contribution is -2.37. The van der Waals surface area contributed by atoms with Gasteiger partial charge in [-0.3, -0.25) is 9.59 Å². The van der Waals surface area contributed by atoms with E-state index >= 15 is 0 Å². The first-order chi connectivity index (χ1) is 9.58. The summed E-state index contributed by atoms with van der Waals surface area (Å²) >= 11 is 0. The molecule has 0 aliphatic carbocycles. The first-order valence-corrected chi connectivity index (χ1v) is 7.64. The lowest BCUT2D eigenvalue weighted by Gasteiger charge is -2.21. The number of rotatable bonds is 4. The molecular weight excluding hydrogens is 252 g/mol. The second-order valence-corrected chi connectivity index (χ2v) is 5.61. The highest BCUT2D eigenvalue weighted by Crippen LogP contribution is 2.19. The maximum absolute atomic E-state index is 12.5. The predicted molar refractivity (Wildman–Crippen MR) is 80.2 cm³/mol. The Morgan fingerprint density at radius 1 is 1.45 bits per heavy atom. The summed E-state index contributed by atoms with van der Waals surface area (Å²) in [6.45, 7) is 6.95. The summed E-state index contributed by atoms with van der Waals surface area (Å²) < 4.78 is 0. The number of nitrogens with zero attached hydrogens (tertiary/aromatic N) is 1. The Balaban J connectivity index is 2.36. The predicted octanol–water partition coefficient (Wildman–Crippen LogP) is 2.51. The van der Waals surface area contributed by atoms with Gasteiger partial charge in [-0.05, 0) is 44.2 Å². The minimum Gasteiger partial charge on any atom is -0.336 e. The van der Waals surface area contributed by atoms with Crippen molar-refractivity contribution >= 4 is 5.91 Å². The van der Waals surface area contributed by atoms with Crippen molar-refractivity contribution in [2.75, 3.05) is 6.54 Å². The van der Waals surface area contributed by atoms with Crippen LogP contribution in [0, 0.1) is 0 Å². The summed E-state index contributed by atoms with van der Waals surface area (Å²) in [4.78, 5) is 29.4. The average molecular weight is 276 g/mol. The summed E-state index contributed by atoms with van der Waals surface area (Å²) in [6, 6.07) is 2.04. The molecule has 1 aromatic rings. The van der Waals surface area contributed by atoms with Gasteiger partial charge in [-0.25, -0.2) is 0 Å². The molecule has 4 heteroatoms. The van der Waals surface area contributed by atoms with Crippen LogP contribution in [0.15, 0.2) is 10.9 Å². The van der Waals surface area contributed by atoms with Crippen LogP contribution < -0.4 is 5.56 Å². The summed E-state index contributed by atoms with van der Waals surface area (Å²) in [5.74, 6) is -0.117. The summed E-state index contributed by atoms with van der Waals surface area (Å²) in [6.07, 6.45) is 4.73. The van der Waals surface area contributed by atoms with Crippen LogP contribution in [-0.2, 0) is 12.8 Å². The first kappa shape index (κ1) is 14.8. The zero-order valence-electron chi connectivity index (χ0n) is 12.7. The highest BCUT2D eigenvalue weighted by atomic mass is 16.2. The fourth-order valence-corrected chi connectivity index (χ4v) is 2.95. The number of aromatic nitrogens is 1. The molecule has 1 aliphatic heterocycles. The van der Waals surface area contributed by atoms with Crippen LogP contribution in [0.5, 0.6) is 0 Å². The van der Waals surface area contributed by atoms with Crippen molar-refractivity contribution in [3.05, 3.63) is 33.2 Å². The molecule has 0 spiro atoms. The van der Waals surface area contributed by atoms with E-state index in [1.807, 2.05) is 11.8 Å². The normalized spacial score (nSPS) is 18.6. The third-order valence-corrected chi connectivity index (χ3v) is 4.14. The average Bonchev–Trinajstić information content (AvgIpc) is 2.85. The van der Waals surface area contributed by atoms with Crippen molar-refractivity contribution in [1.29, 1.82) is 0 Å². The molecule has 0 aromatic carbocycles. The molecule has 0 bridgehead atoms. The molecule has 1 aliphatic rings. The fourth-order valence-electron chi connectivity index (χ4n) is 2.95. The third kappa shape index (κ3) is 2.79. The summed E-state index contributed by atoms with van der Waals surface area (Å²) in [5, 5.41) is 0. The molecule has 1 saturated heterocycles. The number of aromatic amines is 1. The summed E-state index contributed by atoms with van der Waals surface area (Å²) in [7, 11) is 0. The maximum Gasteiger partial charge on any atom is 0.261 e. The molecule has 0 unspecified atom stereocenters. The van der Waals surface area contributed by atoms with Gasteiger partial charge in [0, 0.05) is 18.3 Å². The molecule has 0 radical (unpaired) electrons. The molecule has 0 saturated carbocycles. The number of hydrogen-bond acceptors (Lipinski definition) is 2. The zero-order chi connectivity index (χ0) is 14.7. The van der Waals surface area contributed by atoms with E-state index < -0.39 is 0 Å². The molecular formula is C16H24N2O2. The number of nitrogens with one attached hydrogen (secondary N) is 1. The quantitative estimate of drug-likeness (QED) is 0.918. The Labute approximate surface area is 120 Å². The number of pyridine rings is 1. The Kier molecular flexibility index (Phi) is 4.63. The minimum absolute atomic E-state index is 0.117. The Hall–Kier alpha value is -1.58. The lowest BCUT2D eigenvalue weighted by molar-refractivity contribution is 0.0745. The van der Waals surface area contributed by atoms with Gasteiger partial charge in [0.15, 0.2) is 0 Å². The number of hydrogen-bond donors (Lipinski definition) is 1. The van der Waals surface area contributed by atoms with Gasteiger partial charge in [-0.1, -0.05) is 20.3 Å². The molecule has 2 rings (SSSR count). The molecule has 2 heterocycles. The highest BCUT2D eigenvalue weighted by Gasteiger charge is 2.28. The smallest absolute Gasteiger partial charge is 0.261 e. The van der Waals surface area contributed by atoms with E-state index in [4.69, 9.17) is 0 Å². The van der Waals surface area contributed by atoms with Crippen molar-refractivity contribution in [3.8, 4) is 0 Å². The maximum atomic E-state index is 12.5. The van der Waals surface area contributed by atoms with Gasteiger partial charge < -0.3 is 9.88 Å². The van der Waals surface area contributed by atoms with Crippen LogP contribution in [0.3, 0.4) is 0 Å². The van der Waals surface area contributed by atoms with Crippen LogP contribution in [0.4, 0.5) is 0 Å². The topological polar surface area (TPSA) is 53.2 Å². The number of likely N-dealkylation sites (tertiary alicyclic amines) is 1. The van der Waals surface area contributed by atoms with Crippen LogP contribution in [0.1, 0.15) is 61.6 Å². The molecule has 1 atom stereocenters. The fraction of sp³-hybridized carbons (Fsp3) is 0.625. The number of H-pyrrole nitrogens is 1. The monoisotopic (exact) mass is 276 g/mol. The Bertz CT molecular complexity index is 548. The zero-order valence-corrected chi connectivity index (χ0v) is 12.7. The number of carbonyl (C=O) groups is 1. The highest BCUT2D eigenvalue weighted by molar-refractivity contribution is 5.94. The van der Waals surface area contributed by atoms with E-state index in [-0.39, 0.29) is 17.5 Å². The summed E-state index contributed by atoms with van der Waals surface area (Å²) in [5.41, 5.74) is 2.12. The first-order valence-electron chi connectivity index (χ1n) is 7.64. The van der Waals surface area contributed by atoms with Gasteiger partial charge in [0.25, 0.3) is 11.5 Å². The Morgan fingerprint density at radius 2 is 2.20 bits per heavy atom. The van der Waals surface area contributed by atoms with Crippen molar-refractivity contribution in [2.24, 2.45) is 0 Å². The number of aryl methyl sites for hydroxylation is 2.